The molecule has 0 bridgehead atoms. The van der Waals surface area contributed by atoms with Crippen molar-refractivity contribution in [1.82, 2.24) is 20.0 Å². The van der Waals surface area contributed by atoms with E-state index >= 15 is 0 Å². The van der Waals surface area contributed by atoms with Crippen LogP contribution in [0.3, 0.4) is 0 Å². The maximum atomic E-state index is 13.4. The van der Waals surface area contributed by atoms with Gasteiger partial charge in [-0.3, -0.25) is 14.4 Å². The van der Waals surface area contributed by atoms with E-state index in [1.54, 1.807) is 12.1 Å². The van der Waals surface area contributed by atoms with E-state index in [1.807, 2.05) is 10.7 Å². The van der Waals surface area contributed by atoms with Crippen molar-refractivity contribution in [2.75, 3.05) is 32.8 Å². The highest BCUT2D eigenvalue weighted by molar-refractivity contribution is 5.92. The van der Waals surface area contributed by atoms with Crippen molar-refractivity contribution in [2.45, 2.75) is 51.1 Å². The molecule has 1 N–H and O–H groups in total. The number of carbonyl (C=O) groups excluding carboxylic acids is 1. The lowest BCUT2D eigenvalue weighted by Crippen LogP contribution is -2.44. The minimum atomic E-state index is -0.277. The SMILES string of the molecule is CC(C)(C)n1nc(C2CC2)cc1C(=O)NC[C@@H](c1ccc(F)cc1)N1CCOCC1. The fourth-order valence-corrected chi connectivity index (χ4v) is 3.96. The van der Waals surface area contributed by atoms with Crippen LogP contribution in [0.2, 0.25) is 0 Å². The lowest BCUT2D eigenvalue weighted by molar-refractivity contribution is 0.0161. The van der Waals surface area contributed by atoms with E-state index in [9.17, 15) is 9.18 Å². The number of ether oxygens (including phenoxy) is 1. The molecule has 1 atom stereocenters. The number of amides is 1. The molecule has 2 aliphatic rings. The van der Waals surface area contributed by atoms with Crippen LogP contribution < -0.4 is 5.32 Å². The van der Waals surface area contributed by atoms with Crippen LogP contribution in [0.5, 0.6) is 0 Å². The summed E-state index contributed by atoms with van der Waals surface area (Å²) in [4.78, 5) is 15.5. The average Bonchev–Trinajstić information content (AvgIpc) is 3.47. The third-order valence-corrected chi connectivity index (χ3v) is 5.79. The summed E-state index contributed by atoms with van der Waals surface area (Å²) in [6.45, 7) is 9.50. The van der Waals surface area contributed by atoms with Gasteiger partial charge in [0.15, 0.2) is 0 Å². The normalized spacial score (nSPS) is 18.9. The number of nitrogens with one attached hydrogen (secondary N) is 1. The van der Waals surface area contributed by atoms with Gasteiger partial charge in [0.2, 0.25) is 0 Å². The van der Waals surface area contributed by atoms with Crippen LogP contribution >= 0.6 is 0 Å². The number of benzene rings is 1. The Labute approximate surface area is 177 Å². The first kappa shape index (κ1) is 21.0. The lowest BCUT2D eigenvalue weighted by Gasteiger charge is -2.35. The van der Waals surface area contributed by atoms with Crippen LogP contribution in [-0.2, 0) is 10.3 Å². The van der Waals surface area contributed by atoms with E-state index in [-0.39, 0.29) is 23.3 Å². The Morgan fingerprint density at radius 1 is 1.23 bits per heavy atom. The summed E-state index contributed by atoms with van der Waals surface area (Å²) in [6.07, 6.45) is 2.29. The Morgan fingerprint density at radius 3 is 2.50 bits per heavy atom. The predicted molar refractivity (Wildman–Crippen MR) is 113 cm³/mol. The molecule has 162 valence electrons. The van der Waals surface area contributed by atoms with Crippen LogP contribution in [0.1, 0.15) is 67.3 Å². The molecule has 1 saturated heterocycles. The maximum absolute atomic E-state index is 13.4. The van der Waals surface area contributed by atoms with E-state index in [1.165, 1.54) is 12.1 Å². The predicted octanol–water partition coefficient (Wildman–Crippen LogP) is 3.46. The summed E-state index contributed by atoms with van der Waals surface area (Å²) in [7, 11) is 0. The van der Waals surface area contributed by atoms with E-state index in [2.05, 4.69) is 31.0 Å². The number of rotatable bonds is 6. The van der Waals surface area contributed by atoms with Gasteiger partial charge in [0.25, 0.3) is 5.91 Å². The molecule has 1 aliphatic carbocycles. The van der Waals surface area contributed by atoms with Gasteiger partial charge in [0.05, 0.1) is 30.5 Å². The van der Waals surface area contributed by atoms with Gasteiger partial charge in [-0.2, -0.15) is 5.10 Å². The third kappa shape index (κ3) is 4.73. The van der Waals surface area contributed by atoms with Crippen molar-refractivity contribution >= 4 is 5.91 Å². The van der Waals surface area contributed by atoms with Crippen molar-refractivity contribution in [1.29, 1.82) is 0 Å². The fourth-order valence-electron chi connectivity index (χ4n) is 3.96. The molecule has 1 aliphatic heterocycles. The van der Waals surface area contributed by atoms with E-state index < -0.39 is 0 Å². The average molecular weight is 415 g/mol. The molecule has 0 unspecified atom stereocenters. The summed E-state index contributed by atoms with van der Waals surface area (Å²) in [5.74, 6) is 0.107. The van der Waals surface area contributed by atoms with Crippen molar-refractivity contribution in [3.05, 3.63) is 53.1 Å². The quantitative estimate of drug-likeness (QED) is 0.787. The Morgan fingerprint density at radius 2 is 1.90 bits per heavy atom. The molecule has 2 heterocycles. The van der Waals surface area contributed by atoms with Gasteiger partial charge in [-0.05, 0) is 57.4 Å². The topological polar surface area (TPSA) is 59.4 Å². The number of morpholine rings is 1. The molecule has 2 fully saturated rings. The first-order valence-electron chi connectivity index (χ1n) is 10.8. The van der Waals surface area contributed by atoms with Crippen molar-refractivity contribution in [2.24, 2.45) is 0 Å². The highest BCUT2D eigenvalue weighted by Crippen LogP contribution is 2.40. The van der Waals surface area contributed by atoms with Gasteiger partial charge in [0, 0.05) is 25.6 Å². The summed E-state index contributed by atoms with van der Waals surface area (Å²) in [5.41, 5.74) is 2.32. The van der Waals surface area contributed by atoms with Crippen molar-refractivity contribution in [3.8, 4) is 0 Å². The first-order chi connectivity index (χ1) is 14.3. The molecular formula is C23H31FN4O2. The zero-order valence-corrected chi connectivity index (χ0v) is 18.0. The lowest BCUT2D eigenvalue weighted by atomic mass is 10.0. The number of aromatic nitrogens is 2. The van der Waals surface area contributed by atoms with E-state index in [0.29, 0.717) is 31.4 Å². The van der Waals surface area contributed by atoms with E-state index in [4.69, 9.17) is 9.84 Å². The molecule has 0 spiro atoms. The molecule has 30 heavy (non-hydrogen) atoms. The molecule has 0 radical (unpaired) electrons. The maximum Gasteiger partial charge on any atom is 0.269 e. The van der Waals surface area contributed by atoms with Crippen molar-refractivity contribution in [3.63, 3.8) is 0 Å². The summed E-state index contributed by atoms with van der Waals surface area (Å²) < 4.78 is 20.8. The van der Waals surface area contributed by atoms with Gasteiger partial charge in [-0.1, -0.05) is 12.1 Å². The molecule has 1 aromatic carbocycles. The second-order valence-corrected chi connectivity index (χ2v) is 9.24. The number of halogens is 1. The van der Waals surface area contributed by atoms with Gasteiger partial charge >= 0.3 is 0 Å². The Bertz CT molecular complexity index is 878. The molecule has 1 saturated carbocycles. The summed E-state index contributed by atoms with van der Waals surface area (Å²) in [5, 5.41) is 7.86. The van der Waals surface area contributed by atoms with Gasteiger partial charge in [-0.15, -0.1) is 0 Å². The van der Waals surface area contributed by atoms with Crippen LogP contribution in [0.4, 0.5) is 4.39 Å². The number of nitrogens with zero attached hydrogens (tertiary/aromatic N) is 3. The third-order valence-electron chi connectivity index (χ3n) is 5.79. The number of hydrogen-bond donors (Lipinski definition) is 1. The van der Waals surface area contributed by atoms with Crippen LogP contribution in [0, 0.1) is 5.82 Å². The zero-order chi connectivity index (χ0) is 21.3. The largest absolute Gasteiger partial charge is 0.379 e. The number of hydrogen-bond acceptors (Lipinski definition) is 4. The second kappa shape index (κ2) is 8.47. The molecular weight excluding hydrogens is 383 g/mol. The van der Waals surface area contributed by atoms with Crippen molar-refractivity contribution < 1.29 is 13.9 Å². The Hall–Kier alpha value is -2.25. The molecule has 2 aromatic rings. The monoisotopic (exact) mass is 414 g/mol. The first-order valence-corrected chi connectivity index (χ1v) is 10.8. The number of carbonyl (C=O) groups is 1. The van der Waals surface area contributed by atoms with Crippen LogP contribution in [-0.4, -0.2) is 53.4 Å². The Balaban J connectivity index is 1.53. The molecule has 4 rings (SSSR count). The molecule has 6 nitrogen and oxygen atoms in total. The summed E-state index contributed by atoms with van der Waals surface area (Å²) >= 11 is 0. The van der Waals surface area contributed by atoms with Gasteiger partial charge in [0.1, 0.15) is 11.5 Å². The summed E-state index contributed by atoms with van der Waals surface area (Å²) in [6, 6.07) is 8.45. The molecule has 7 heteroatoms. The minimum Gasteiger partial charge on any atom is -0.379 e. The van der Waals surface area contributed by atoms with Crippen LogP contribution in [0.15, 0.2) is 30.3 Å². The zero-order valence-electron chi connectivity index (χ0n) is 18.0. The van der Waals surface area contributed by atoms with Crippen LogP contribution in [0.25, 0.3) is 0 Å². The fraction of sp³-hybridized carbons (Fsp3) is 0.565. The Kier molecular flexibility index (Phi) is 5.93. The smallest absolute Gasteiger partial charge is 0.269 e. The highest BCUT2D eigenvalue weighted by atomic mass is 19.1. The minimum absolute atomic E-state index is 0.0349. The van der Waals surface area contributed by atoms with Gasteiger partial charge in [-0.25, -0.2) is 4.39 Å². The van der Waals surface area contributed by atoms with E-state index in [0.717, 1.165) is 37.2 Å². The van der Waals surface area contributed by atoms with Gasteiger partial charge < -0.3 is 10.1 Å². The standard InChI is InChI=1S/C23H31FN4O2/c1-23(2,3)28-20(14-19(26-28)16-4-5-16)22(29)25-15-21(27-10-12-30-13-11-27)17-6-8-18(24)9-7-17/h6-9,14,16,21H,4-5,10-13,15H2,1-3H3,(H,25,29)/t21-/m0/s1. The molecule has 1 amide bonds. The molecule has 1 aromatic heterocycles. The highest BCUT2D eigenvalue weighted by Gasteiger charge is 2.32. The second-order valence-electron chi connectivity index (χ2n) is 9.24.